The van der Waals surface area contributed by atoms with Gasteiger partial charge in [-0.25, -0.2) is 0 Å². The average Bonchev–Trinajstić information content (AvgIpc) is 3.63. The Kier molecular flexibility index (Phi) is 6.90. The Labute approximate surface area is 312 Å². The molecule has 0 saturated heterocycles. The summed E-state index contributed by atoms with van der Waals surface area (Å²) in [6.45, 7) is 0. The lowest BCUT2D eigenvalue weighted by Gasteiger charge is -2.27. The standard InChI is InChI=1S/C52H33NO/c1-2-13-34(14-3-1)37-17-10-18-39(33-37)53(47-25-11-16-35-15-4-5-19-40(35)47)38-29-27-36(28-30-38)41-23-12-24-43-45-31-32-49-52(46-22-8-9-26-48(46)54-49)51(45)44-21-7-6-20-42(44)50(41)43/h1-33H. The third-order valence-electron chi connectivity index (χ3n) is 11.0. The Balaban J connectivity index is 1.11. The van der Waals surface area contributed by atoms with Gasteiger partial charge in [0.1, 0.15) is 11.2 Å². The van der Waals surface area contributed by atoms with Gasteiger partial charge >= 0.3 is 0 Å². The van der Waals surface area contributed by atoms with Gasteiger partial charge in [-0.2, -0.15) is 0 Å². The van der Waals surface area contributed by atoms with E-state index >= 15 is 0 Å². The first-order chi connectivity index (χ1) is 26.8. The van der Waals surface area contributed by atoms with E-state index in [-0.39, 0.29) is 0 Å². The van der Waals surface area contributed by atoms with Crippen LogP contribution in [0, 0.1) is 0 Å². The molecule has 0 fully saturated rings. The molecule has 0 aliphatic rings. The van der Waals surface area contributed by atoms with E-state index < -0.39 is 0 Å². The van der Waals surface area contributed by atoms with Crippen molar-refractivity contribution in [3.63, 3.8) is 0 Å². The number of rotatable bonds is 5. The van der Waals surface area contributed by atoms with Crippen LogP contribution in [-0.4, -0.2) is 0 Å². The number of anilines is 3. The molecule has 0 unspecified atom stereocenters. The fraction of sp³-hybridized carbons (Fsp3) is 0. The van der Waals surface area contributed by atoms with Crippen molar-refractivity contribution < 1.29 is 4.42 Å². The van der Waals surface area contributed by atoms with E-state index in [0.29, 0.717) is 0 Å². The summed E-state index contributed by atoms with van der Waals surface area (Å²) in [5.41, 5.74) is 9.98. The molecule has 252 valence electrons. The largest absolute Gasteiger partial charge is 0.456 e. The lowest BCUT2D eigenvalue weighted by molar-refractivity contribution is 0.669. The number of hydrogen-bond acceptors (Lipinski definition) is 2. The minimum absolute atomic E-state index is 0.919. The minimum Gasteiger partial charge on any atom is -0.456 e. The Morgan fingerprint density at radius 1 is 0.315 bits per heavy atom. The van der Waals surface area contributed by atoms with Gasteiger partial charge in [-0.3, -0.25) is 0 Å². The van der Waals surface area contributed by atoms with Crippen LogP contribution in [0.15, 0.2) is 205 Å². The zero-order chi connectivity index (χ0) is 35.6. The summed E-state index contributed by atoms with van der Waals surface area (Å²) < 4.78 is 6.36. The maximum Gasteiger partial charge on any atom is 0.136 e. The fourth-order valence-electron chi connectivity index (χ4n) is 8.62. The van der Waals surface area contributed by atoms with E-state index in [4.69, 9.17) is 4.42 Å². The maximum atomic E-state index is 6.36. The van der Waals surface area contributed by atoms with Crippen molar-refractivity contribution >= 4 is 82.1 Å². The van der Waals surface area contributed by atoms with Gasteiger partial charge in [0.15, 0.2) is 0 Å². The lowest BCUT2D eigenvalue weighted by Crippen LogP contribution is -2.10. The summed E-state index contributed by atoms with van der Waals surface area (Å²) in [6, 6.07) is 72.2. The van der Waals surface area contributed by atoms with Crippen molar-refractivity contribution in [2.75, 3.05) is 4.90 Å². The van der Waals surface area contributed by atoms with E-state index in [1.165, 1.54) is 70.7 Å². The maximum absolute atomic E-state index is 6.36. The monoisotopic (exact) mass is 687 g/mol. The first-order valence-electron chi connectivity index (χ1n) is 18.5. The van der Waals surface area contributed by atoms with Crippen molar-refractivity contribution in [2.45, 2.75) is 0 Å². The number of fused-ring (bicyclic) bond motifs is 11. The second-order valence-electron chi connectivity index (χ2n) is 14.0. The molecule has 0 atom stereocenters. The quantitative estimate of drug-likeness (QED) is 0.168. The van der Waals surface area contributed by atoms with Crippen molar-refractivity contribution in [2.24, 2.45) is 0 Å². The first kappa shape index (κ1) is 30.5. The molecule has 0 N–H and O–H groups in total. The van der Waals surface area contributed by atoms with Crippen molar-refractivity contribution in [3.05, 3.63) is 200 Å². The molecule has 2 nitrogen and oxygen atoms in total. The average molecular weight is 688 g/mol. The summed E-state index contributed by atoms with van der Waals surface area (Å²) in [6.07, 6.45) is 0. The van der Waals surface area contributed by atoms with Crippen molar-refractivity contribution in [1.82, 2.24) is 0 Å². The highest BCUT2D eigenvalue weighted by atomic mass is 16.3. The van der Waals surface area contributed by atoms with Gasteiger partial charge in [0.2, 0.25) is 0 Å². The first-order valence-corrected chi connectivity index (χ1v) is 18.5. The molecule has 0 aliphatic heterocycles. The van der Waals surface area contributed by atoms with Gasteiger partial charge in [-0.05, 0) is 103 Å². The minimum atomic E-state index is 0.919. The summed E-state index contributed by atoms with van der Waals surface area (Å²) >= 11 is 0. The SMILES string of the molecule is c1ccc(-c2cccc(N(c3ccc(-c4cccc5c6ccc7oc8ccccc8c7c6c6ccccc6c45)cc3)c3cccc4ccccc34)c2)cc1. The molecule has 0 bridgehead atoms. The second kappa shape index (κ2) is 12.2. The molecule has 10 aromatic carbocycles. The van der Waals surface area contributed by atoms with Crippen LogP contribution in [0.2, 0.25) is 0 Å². The summed E-state index contributed by atoms with van der Waals surface area (Å²) in [4.78, 5) is 2.39. The number of hydrogen-bond donors (Lipinski definition) is 0. The molecule has 0 saturated carbocycles. The van der Waals surface area contributed by atoms with Crippen molar-refractivity contribution in [1.29, 1.82) is 0 Å². The molecule has 54 heavy (non-hydrogen) atoms. The Morgan fingerprint density at radius 3 is 1.76 bits per heavy atom. The summed E-state index contributed by atoms with van der Waals surface area (Å²) in [5.74, 6) is 0. The Morgan fingerprint density at radius 2 is 0.926 bits per heavy atom. The van der Waals surface area contributed by atoms with Crippen LogP contribution in [0.4, 0.5) is 17.1 Å². The van der Waals surface area contributed by atoms with Crippen LogP contribution in [0.5, 0.6) is 0 Å². The van der Waals surface area contributed by atoms with Crippen LogP contribution >= 0.6 is 0 Å². The molecule has 0 aliphatic carbocycles. The van der Waals surface area contributed by atoms with Crippen LogP contribution in [0.25, 0.3) is 87.3 Å². The molecule has 11 rings (SSSR count). The van der Waals surface area contributed by atoms with Crippen molar-refractivity contribution in [3.8, 4) is 22.3 Å². The van der Waals surface area contributed by atoms with Gasteiger partial charge < -0.3 is 9.32 Å². The highest BCUT2D eigenvalue weighted by Crippen LogP contribution is 2.46. The van der Waals surface area contributed by atoms with E-state index in [9.17, 15) is 0 Å². The third kappa shape index (κ3) is 4.74. The van der Waals surface area contributed by atoms with E-state index in [1.54, 1.807) is 0 Å². The summed E-state index contributed by atoms with van der Waals surface area (Å²) in [5, 5.41) is 12.2. The molecule has 0 spiro atoms. The zero-order valence-corrected chi connectivity index (χ0v) is 29.4. The van der Waals surface area contributed by atoms with Gasteiger partial charge in [0.25, 0.3) is 0 Å². The molecule has 1 heterocycles. The fourth-order valence-corrected chi connectivity index (χ4v) is 8.62. The van der Waals surface area contributed by atoms with E-state index in [1.807, 2.05) is 6.07 Å². The highest BCUT2D eigenvalue weighted by Gasteiger charge is 2.20. The lowest BCUT2D eigenvalue weighted by atomic mass is 9.88. The predicted molar refractivity (Wildman–Crippen MR) is 229 cm³/mol. The summed E-state index contributed by atoms with van der Waals surface area (Å²) in [7, 11) is 0. The van der Waals surface area contributed by atoms with E-state index in [0.717, 1.165) is 33.6 Å². The normalized spacial score (nSPS) is 11.7. The smallest absolute Gasteiger partial charge is 0.136 e. The van der Waals surface area contributed by atoms with Gasteiger partial charge in [0, 0.05) is 32.9 Å². The number of para-hydroxylation sites is 1. The number of furan rings is 1. The molecule has 0 amide bonds. The number of benzene rings is 10. The molecule has 11 aromatic rings. The Hall–Kier alpha value is -7.16. The van der Waals surface area contributed by atoms with E-state index in [2.05, 4.69) is 199 Å². The zero-order valence-electron chi connectivity index (χ0n) is 29.4. The molecular weight excluding hydrogens is 655 g/mol. The van der Waals surface area contributed by atoms with Crippen LogP contribution in [-0.2, 0) is 0 Å². The topological polar surface area (TPSA) is 16.4 Å². The van der Waals surface area contributed by atoms with Crippen LogP contribution < -0.4 is 4.90 Å². The molecule has 0 radical (unpaired) electrons. The molecular formula is C52H33NO. The predicted octanol–water partition coefficient (Wildman–Crippen LogP) is 15.0. The van der Waals surface area contributed by atoms with Gasteiger partial charge in [-0.15, -0.1) is 0 Å². The van der Waals surface area contributed by atoms with Crippen LogP contribution in [0.3, 0.4) is 0 Å². The Bertz CT molecular complexity index is 3180. The molecule has 2 heteroatoms. The van der Waals surface area contributed by atoms with Crippen LogP contribution in [0.1, 0.15) is 0 Å². The number of nitrogens with zero attached hydrogens (tertiary/aromatic N) is 1. The highest BCUT2D eigenvalue weighted by molar-refractivity contribution is 6.36. The molecule has 1 aromatic heterocycles. The van der Waals surface area contributed by atoms with Gasteiger partial charge in [0.05, 0.1) is 5.69 Å². The van der Waals surface area contributed by atoms with Gasteiger partial charge in [-0.1, -0.05) is 152 Å². The second-order valence-corrected chi connectivity index (χ2v) is 14.0. The third-order valence-corrected chi connectivity index (χ3v) is 11.0.